The van der Waals surface area contributed by atoms with Crippen LogP contribution in [-0.2, 0) is 18.3 Å². The van der Waals surface area contributed by atoms with Crippen molar-refractivity contribution in [3.05, 3.63) is 0 Å². The second-order valence-electron chi connectivity index (χ2n) is 5.66. The number of unbranched alkanes of at least 4 members (excludes halogenated alkanes) is 3. The van der Waals surface area contributed by atoms with Crippen LogP contribution < -0.4 is 5.73 Å². The highest BCUT2D eigenvalue weighted by Gasteiger charge is 2.38. The molecule has 3 N–H and O–H groups in total. The fourth-order valence-electron chi connectivity index (χ4n) is 2.55. The summed E-state index contributed by atoms with van der Waals surface area (Å²) >= 11 is 0. The molecule has 1 rings (SSSR count). The van der Waals surface area contributed by atoms with E-state index in [0.717, 1.165) is 38.5 Å². The first kappa shape index (κ1) is 19.1. The molecular formula is C14H30NO5P. The van der Waals surface area contributed by atoms with E-state index in [1.807, 2.05) is 6.92 Å². The Balaban J connectivity index is 2.28. The van der Waals surface area contributed by atoms with Crippen LogP contribution in [0.2, 0.25) is 0 Å². The van der Waals surface area contributed by atoms with Crippen molar-refractivity contribution >= 4 is 7.82 Å². The summed E-state index contributed by atoms with van der Waals surface area (Å²) in [5.41, 5.74) is 5.41. The van der Waals surface area contributed by atoms with Crippen molar-refractivity contribution in [2.24, 2.45) is 5.73 Å². The number of hydrogen-bond donors (Lipinski definition) is 2. The monoisotopic (exact) mass is 323 g/mol. The van der Waals surface area contributed by atoms with Gasteiger partial charge >= 0.3 is 7.82 Å². The third-order valence-corrected chi connectivity index (χ3v) is 4.63. The van der Waals surface area contributed by atoms with Crippen LogP contribution in [0.15, 0.2) is 0 Å². The zero-order valence-electron chi connectivity index (χ0n) is 13.2. The van der Waals surface area contributed by atoms with Gasteiger partial charge in [0.05, 0.1) is 24.9 Å². The van der Waals surface area contributed by atoms with Crippen molar-refractivity contribution in [2.45, 2.75) is 77.1 Å². The van der Waals surface area contributed by atoms with Crippen LogP contribution in [0.5, 0.6) is 0 Å². The Hall–Kier alpha value is 0.0300. The lowest BCUT2D eigenvalue weighted by atomic mass is 10.1. The van der Waals surface area contributed by atoms with Gasteiger partial charge in [-0.3, -0.25) is 9.05 Å². The zero-order valence-corrected chi connectivity index (χ0v) is 14.1. The second kappa shape index (κ2) is 9.93. The van der Waals surface area contributed by atoms with E-state index in [1.54, 1.807) is 0 Å². The summed E-state index contributed by atoms with van der Waals surface area (Å²) in [7, 11) is -3.99. The van der Waals surface area contributed by atoms with Crippen molar-refractivity contribution in [3.8, 4) is 0 Å². The lowest BCUT2D eigenvalue weighted by Gasteiger charge is -2.21. The largest absolute Gasteiger partial charge is 0.472 e. The number of phosphoric ester groups is 1. The number of rotatable bonds is 11. The summed E-state index contributed by atoms with van der Waals surface area (Å²) in [4.78, 5) is 9.79. The molecular weight excluding hydrogens is 293 g/mol. The quantitative estimate of drug-likeness (QED) is 0.449. The molecule has 0 amide bonds. The Kier molecular flexibility index (Phi) is 9.02. The minimum absolute atomic E-state index is 0.0582. The number of ether oxygens (including phenoxy) is 1. The molecule has 7 heteroatoms. The molecule has 0 aromatic carbocycles. The molecule has 1 fully saturated rings. The van der Waals surface area contributed by atoms with E-state index in [4.69, 9.17) is 19.5 Å². The molecule has 6 nitrogen and oxygen atoms in total. The summed E-state index contributed by atoms with van der Waals surface area (Å²) in [5.74, 6) is 0. The van der Waals surface area contributed by atoms with Crippen LogP contribution in [0.3, 0.4) is 0 Å². The molecule has 1 heterocycles. The SMILES string of the molecule is CCCC1OC(C)CC1OP(=O)(O)OCCCCCCN. The van der Waals surface area contributed by atoms with E-state index < -0.39 is 7.82 Å². The molecule has 0 bridgehead atoms. The molecule has 4 unspecified atom stereocenters. The van der Waals surface area contributed by atoms with Gasteiger partial charge in [0.25, 0.3) is 0 Å². The number of hydrogen-bond acceptors (Lipinski definition) is 5. The van der Waals surface area contributed by atoms with Crippen molar-refractivity contribution < 1.29 is 23.2 Å². The Morgan fingerprint density at radius 1 is 1.33 bits per heavy atom. The summed E-state index contributed by atoms with van der Waals surface area (Å²) < 4.78 is 28.0. The van der Waals surface area contributed by atoms with Crippen molar-refractivity contribution in [3.63, 3.8) is 0 Å². The molecule has 0 aromatic heterocycles. The highest BCUT2D eigenvalue weighted by molar-refractivity contribution is 7.47. The molecule has 0 saturated carbocycles. The minimum Gasteiger partial charge on any atom is -0.372 e. The predicted octanol–water partition coefficient (Wildman–Crippen LogP) is 2.99. The topological polar surface area (TPSA) is 91.0 Å². The smallest absolute Gasteiger partial charge is 0.372 e. The van der Waals surface area contributed by atoms with Crippen LogP contribution >= 0.6 is 7.82 Å². The van der Waals surface area contributed by atoms with Gasteiger partial charge in [0.15, 0.2) is 0 Å². The van der Waals surface area contributed by atoms with Gasteiger partial charge in [0.1, 0.15) is 0 Å². The van der Waals surface area contributed by atoms with Crippen LogP contribution in [0.25, 0.3) is 0 Å². The molecule has 1 aliphatic rings. The van der Waals surface area contributed by atoms with Gasteiger partial charge in [-0.15, -0.1) is 0 Å². The van der Waals surface area contributed by atoms with Crippen molar-refractivity contribution in [1.82, 2.24) is 0 Å². The fraction of sp³-hybridized carbons (Fsp3) is 1.00. The molecule has 1 saturated heterocycles. The lowest BCUT2D eigenvalue weighted by molar-refractivity contribution is 0.00635. The highest BCUT2D eigenvalue weighted by Crippen LogP contribution is 2.47. The first-order valence-corrected chi connectivity index (χ1v) is 9.49. The van der Waals surface area contributed by atoms with Gasteiger partial charge in [-0.05, 0) is 32.7 Å². The maximum Gasteiger partial charge on any atom is 0.472 e. The standard InChI is InChI=1S/C14H30NO5P/c1-3-8-13-14(11-12(2)19-13)20-21(16,17)18-10-7-5-4-6-9-15/h12-14H,3-11,15H2,1-2H3,(H,16,17). The average molecular weight is 323 g/mol. The summed E-state index contributed by atoms with van der Waals surface area (Å²) in [5, 5.41) is 0. The van der Waals surface area contributed by atoms with Gasteiger partial charge in [-0.2, -0.15) is 0 Å². The molecule has 126 valence electrons. The molecule has 0 aromatic rings. The minimum atomic E-state index is -3.99. The maximum absolute atomic E-state index is 12.0. The summed E-state index contributed by atoms with van der Waals surface area (Å²) in [6.07, 6.45) is 5.68. The van der Waals surface area contributed by atoms with Crippen LogP contribution in [0.4, 0.5) is 0 Å². The molecule has 0 spiro atoms. The molecule has 4 atom stereocenters. The van der Waals surface area contributed by atoms with E-state index in [-0.39, 0.29) is 24.9 Å². The highest BCUT2D eigenvalue weighted by atomic mass is 31.2. The predicted molar refractivity (Wildman–Crippen MR) is 82.0 cm³/mol. The summed E-state index contributed by atoms with van der Waals surface area (Å²) in [6.45, 7) is 4.92. The summed E-state index contributed by atoms with van der Waals surface area (Å²) in [6, 6.07) is 0. The Bertz CT molecular complexity index is 328. The van der Waals surface area contributed by atoms with Crippen LogP contribution in [0, 0.1) is 0 Å². The second-order valence-corrected chi connectivity index (χ2v) is 7.06. The van der Waals surface area contributed by atoms with Gasteiger partial charge in [-0.25, -0.2) is 4.57 Å². The van der Waals surface area contributed by atoms with Gasteiger partial charge in [0.2, 0.25) is 0 Å². The first-order chi connectivity index (χ1) is 9.98. The molecule has 0 aliphatic carbocycles. The Morgan fingerprint density at radius 2 is 2.05 bits per heavy atom. The first-order valence-electron chi connectivity index (χ1n) is 7.99. The van der Waals surface area contributed by atoms with E-state index in [2.05, 4.69) is 6.92 Å². The number of nitrogens with two attached hydrogens (primary N) is 1. The normalized spacial score (nSPS) is 28.7. The Morgan fingerprint density at radius 3 is 2.71 bits per heavy atom. The van der Waals surface area contributed by atoms with E-state index in [0.29, 0.717) is 13.0 Å². The van der Waals surface area contributed by atoms with Crippen molar-refractivity contribution in [2.75, 3.05) is 13.2 Å². The third-order valence-electron chi connectivity index (χ3n) is 3.58. The third kappa shape index (κ3) is 7.73. The van der Waals surface area contributed by atoms with E-state index in [1.165, 1.54) is 0 Å². The van der Waals surface area contributed by atoms with E-state index >= 15 is 0 Å². The van der Waals surface area contributed by atoms with Crippen LogP contribution in [-0.4, -0.2) is 36.4 Å². The van der Waals surface area contributed by atoms with Gasteiger partial charge < -0.3 is 15.4 Å². The van der Waals surface area contributed by atoms with Gasteiger partial charge in [0, 0.05) is 6.42 Å². The average Bonchev–Trinajstić information content (AvgIpc) is 2.73. The molecule has 1 aliphatic heterocycles. The zero-order chi connectivity index (χ0) is 15.7. The molecule has 0 radical (unpaired) electrons. The van der Waals surface area contributed by atoms with Crippen molar-refractivity contribution in [1.29, 1.82) is 0 Å². The van der Waals surface area contributed by atoms with Crippen LogP contribution in [0.1, 0.15) is 58.8 Å². The van der Waals surface area contributed by atoms with E-state index in [9.17, 15) is 9.46 Å². The lowest BCUT2D eigenvalue weighted by Crippen LogP contribution is -2.23. The van der Waals surface area contributed by atoms with Gasteiger partial charge in [-0.1, -0.05) is 26.2 Å². The Labute approximate surface area is 128 Å². The maximum atomic E-state index is 12.0. The fourth-order valence-corrected chi connectivity index (χ4v) is 3.54. The number of phosphoric acid groups is 1. The molecule has 21 heavy (non-hydrogen) atoms.